The summed E-state index contributed by atoms with van der Waals surface area (Å²) in [4.78, 5) is 21.5. The first-order chi connectivity index (χ1) is 6.21. The number of nitrogens with zero attached hydrogens (tertiary/aromatic N) is 2. The van der Waals surface area contributed by atoms with Crippen LogP contribution in [0.5, 0.6) is 0 Å². The molecule has 0 aliphatic rings. The van der Waals surface area contributed by atoms with Gasteiger partial charge in [0.25, 0.3) is 0 Å². The molecular weight excluding hydrogens is 172 g/mol. The molecule has 0 amide bonds. The first-order valence-electron chi connectivity index (χ1n) is 4.38. The molecule has 0 radical (unpaired) electrons. The predicted molar refractivity (Wildman–Crippen MR) is 48.9 cm³/mol. The van der Waals surface area contributed by atoms with Crippen molar-refractivity contribution in [2.75, 3.05) is 13.7 Å². The van der Waals surface area contributed by atoms with Crippen molar-refractivity contribution in [1.82, 2.24) is 5.01 Å². The van der Waals surface area contributed by atoms with Crippen molar-refractivity contribution in [2.24, 2.45) is 5.29 Å². The minimum atomic E-state index is -0.539. The van der Waals surface area contributed by atoms with E-state index in [4.69, 9.17) is 0 Å². The molecule has 0 aromatic carbocycles. The van der Waals surface area contributed by atoms with Gasteiger partial charge in [0.15, 0.2) is 0 Å². The van der Waals surface area contributed by atoms with E-state index in [9.17, 15) is 9.70 Å². The molecule has 1 unspecified atom stereocenters. The Balaban J connectivity index is 4.32. The van der Waals surface area contributed by atoms with Crippen molar-refractivity contribution in [3.05, 3.63) is 4.91 Å². The Morgan fingerprint density at radius 3 is 2.46 bits per heavy atom. The van der Waals surface area contributed by atoms with Crippen LogP contribution in [0.3, 0.4) is 0 Å². The zero-order valence-corrected chi connectivity index (χ0v) is 8.32. The molecule has 0 rings (SSSR count). The van der Waals surface area contributed by atoms with Crippen molar-refractivity contribution in [2.45, 2.75) is 32.7 Å². The third kappa shape index (κ3) is 3.40. The van der Waals surface area contributed by atoms with Gasteiger partial charge in [-0.1, -0.05) is 13.8 Å². The first-order valence-corrected chi connectivity index (χ1v) is 4.38. The van der Waals surface area contributed by atoms with E-state index < -0.39 is 12.0 Å². The van der Waals surface area contributed by atoms with Gasteiger partial charge < -0.3 is 4.74 Å². The average Bonchev–Trinajstić information content (AvgIpc) is 2.17. The van der Waals surface area contributed by atoms with E-state index in [1.807, 2.05) is 13.8 Å². The molecule has 5 heteroatoms. The number of carbonyl (C=O) groups is 1. The van der Waals surface area contributed by atoms with Crippen LogP contribution in [0.2, 0.25) is 0 Å². The molecular formula is C8H16N2O3. The molecule has 0 N–H and O–H groups in total. The molecule has 0 spiro atoms. The summed E-state index contributed by atoms with van der Waals surface area (Å²) < 4.78 is 4.55. The smallest absolute Gasteiger partial charge is 0.330 e. The number of hydrogen-bond acceptors (Lipinski definition) is 4. The van der Waals surface area contributed by atoms with Gasteiger partial charge in [0.2, 0.25) is 0 Å². The highest BCUT2D eigenvalue weighted by molar-refractivity contribution is 5.75. The lowest BCUT2D eigenvalue weighted by atomic mass is 10.2. The molecule has 0 aromatic rings. The van der Waals surface area contributed by atoms with Crippen molar-refractivity contribution in [3.63, 3.8) is 0 Å². The predicted octanol–water partition coefficient (Wildman–Crippen LogP) is 1.33. The van der Waals surface area contributed by atoms with Crippen LogP contribution in [-0.2, 0) is 9.53 Å². The molecule has 1 atom stereocenters. The number of nitroso groups, excluding NO2 is 1. The molecule has 76 valence electrons. The van der Waals surface area contributed by atoms with Crippen LogP contribution in [0.25, 0.3) is 0 Å². The summed E-state index contributed by atoms with van der Waals surface area (Å²) >= 11 is 0. The molecule has 0 aliphatic heterocycles. The fraction of sp³-hybridized carbons (Fsp3) is 0.875. The second-order valence-corrected chi connectivity index (χ2v) is 2.69. The quantitative estimate of drug-likeness (QED) is 0.358. The Morgan fingerprint density at radius 1 is 1.54 bits per heavy atom. The number of ether oxygens (including phenoxy) is 1. The van der Waals surface area contributed by atoms with E-state index in [0.717, 1.165) is 6.42 Å². The third-order valence-electron chi connectivity index (χ3n) is 1.78. The standard InChI is InChI=1S/C8H16N2O3/c1-4-6-10(9-12)7(5-2)8(11)13-3/h7H,4-6H2,1-3H3. The van der Waals surface area contributed by atoms with Crippen molar-refractivity contribution in [1.29, 1.82) is 0 Å². The molecule has 0 saturated carbocycles. The highest BCUT2D eigenvalue weighted by Crippen LogP contribution is 2.07. The zero-order chi connectivity index (χ0) is 10.3. The van der Waals surface area contributed by atoms with Crippen LogP contribution in [0, 0.1) is 4.91 Å². The Kier molecular flexibility index (Phi) is 5.84. The van der Waals surface area contributed by atoms with Gasteiger partial charge in [0.1, 0.15) is 6.04 Å². The topological polar surface area (TPSA) is 59.0 Å². The average molecular weight is 188 g/mol. The summed E-state index contributed by atoms with van der Waals surface area (Å²) in [7, 11) is 1.31. The van der Waals surface area contributed by atoms with Gasteiger partial charge in [-0.25, -0.2) is 9.80 Å². The summed E-state index contributed by atoms with van der Waals surface area (Å²) in [5.41, 5.74) is 0. The Bertz CT molecular complexity index is 173. The van der Waals surface area contributed by atoms with E-state index in [2.05, 4.69) is 10.0 Å². The minimum Gasteiger partial charge on any atom is -0.467 e. The van der Waals surface area contributed by atoms with Gasteiger partial charge in [-0.05, 0) is 12.8 Å². The molecule has 0 saturated heterocycles. The van der Waals surface area contributed by atoms with Gasteiger partial charge in [0, 0.05) is 6.54 Å². The summed E-state index contributed by atoms with van der Waals surface area (Å²) in [5.74, 6) is -0.407. The fourth-order valence-corrected chi connectivity index (χ4v) is 1.12. The van der Waals surface area contributed by atoms with E-state index >= 15 is 0 Å². The van der Waals surface area contributed by atoms with Crippen molar-refractivity contribution < 1.29 is 9.53 Å². The molecule has 13 heavy (non-hydrogen) atoms. The highest BCUT2D eigenvalue weighted by Gasteiger charge is 2.24. The van der Waals surface area contributed by atoms with E-state index in [0.29, 0.717) is 13.0 Å². The van der Waals surface area contributed by atoms with Gasteiger partial charge in [-0.3, -0.25) is 0 Å². The molecule has 0 aliphatic carbocycles. The second-order valence-electron chi connectivity index (χ2n) is 2.69. The molecule has 0 aromatic heterocycles. The maximum atomic E-state index is 11.2. The minimum absolute atomic E-state index is 0.407. The molecule has 0 fully saturated rings. The van der Waals surface area contributed by atoms with E-state index in [1.54, 1.807) is 0 Å². The summed E-state index contributed by atoms with van der Waals surface area (Å²) in [6, 6.07) is -0.539. The lowest BCUT2D eigenvalue weighted by molar-refractivity contribution is -0.147. The van der Waals surface area contributed by atoms with Gasteiger partial charge >= 0.3 is 5.97 Å². The van der Waals surface area contributed by atoms with Crippen molar-refractivity contribution >= 4 is 5.97 Å². The lowest BCUT2D eigenvalue weighted by Crippen LogP contribution is -2.38. The van der Waals surface area contributed by atoms with Crippen LogP contribution in [0.15, 0.2) is 5.29 Å². The molecule has 0 bridgehead atoms. The maximum absolute atomic E-state index is 11.2. The number of carbonyl (C=O) groups excluding carboxylic acids is 1. The van der Waals surface area contributed by atoms with Gasteiger partial charge in [0.05, 0.1) is 12.4 Å². The third-order valence-corrected chi connectivity index (χ3v) is 1.78. The first kappa shape index (κ1) is 11.9. The Hall–Kier alpha value is -1.13. The SMILES string of the molecule is CCCN(N=O)C(CC)C(=O)OC. The second kappa shape index (κ2) is 6.39. The largest absolute Gasteiger partial charge is 0.467 e. The normalized spacial score (nSPS) is 11.9. The van der Waals surface area contributed by atoms with Gasteiger partial charge in [-0.15, -0.1) is 4.91 Å². The highest BCUT2D eigenvalue weighted by atomic mass is 16.5. The van der Waals surface area contributed by atoms with Crippen LogP contribution in [-0.4, -0.2) is 30.7 Å². The number of hydrogen-bond donors (Lipinski definition) is 0. The number of esters is 1. The van der Waals surface area contributed by atoms with E-state index in [1.165, 1.54) is 12.1 Å². The summed E-state index contributed by atoms with van der Waals surface area (Å²) in [6.45, 7) is 4.22. The maximum Gasteiger partial charge on any atom is 0.330 e. The fourth-order valence-electron chi connectivity index (χ4n) is 1.12. The van der Waals surface area contributed by atoms with Crippen LogP contribution < -0.4 is 0 Å². The van der Waals surface area contributed by atoms with Crippen LogP contribution >= 0.6 is 0 Å². The lowest BCUT2D eigenvalue weighted by Gasteiger charge is -2.22. The zero-order valence-electron chi connectivity index (χ0n) is 8.32. The molecule has 0 heterocycles. The summed E-state index contributed by atoms with van der Waals surface area (Å²) in [5, 5.41) is 4.03. The van der Waals surface area contributed by atoms with Gasteiger partial charge in [-0.2, -0.15) is 0 Å². The van der Waals surface area contributed by atoms with E-state index in [-0.39, 0.29) is 0 Å². The number of methoxy groups -OCH3 is 1. The Morgan fingerprint density at radius 2 is 2.15 bits per heavy atom. The van der Waals surface area contributed by atoms with Crippen LogP contribution in [0.1, 0.15) is 26.7 Å². The monoisotopic (exact) mass is 188 g/mol. The van der Waals surface area contributed by atoms with Crippen LogP contribution in [0.4, 0.5) is 0 Å². The Labute approximate surface area is 78.0 Å². The summed E-state index contributed by atoms with van der Waals surface area (Å²) in [6.07, 6.45) is 1.30. The molecule has 5 nitrogen and oxygen atoms in total. The number of rotatable bonds is 6. The van der Waals surface area contributed by atoms with Crippen molar-refractivity contribution in [3.8, 4) is 0 Å².